The van der Waals surface area contributed by atoms with Crippen molar-refractivity contribution < 1.29 is 9.53 Å². The molecule has 2 atom stereocenters. The zero-order chi connectivity index (χ0) is 15.2. The van der Waals surface area contributed by atoms with Crippen molar-refractivity contribution in [2.24, 2.45) is 11.7 Å². The van der Waals surface area contributed by atoms with E-state index < -0.39 is 0 Å². The Labute approximate surface area is 127 Å². The number of carbonyl (C=O) groups is 1. The van der Waals surface area contributed by atoms with Crippen molar-refractivity contribution in [3.63, 3.8) is 0 Å². The van der Waals surface area contributed by atoms with Crippen molar-refractivity contribution in [1.29, 1.82) is 0 Å². The Morgan fingerprint density at radius 1 is 1.38 bits per heavy atom. The summed E-state index contributed by atoms with van der Waals surface area (Å²) in [6.07, 6.45) is 4.68. The van der Waals surface area contributed by atoms with Crippen LogP contribution in [0.4, 0.5) is 0 Å². The molecule has 1 aliphatic rings. The highest BCUT2D eigenvalue weighted by atomic mass is 16.5. The van der Waals surface area contributed by atoms with Gasteiger partial charge < -0.3 is 15.8 Å². The summed E-state index contributed by atoms with van der Waals surface area (Å²) in [5.74, 6) is 1.55. The van der Waals surface area contributed by atoms with Crippen LogP contribution < -0.4 is 15.8 Å². The van der Waals surface area contributed by atoms with Crippen LogP contribution in [0, 0.1) is 5.92 Å². The van der Waals surface area contributed by atoms with Gasteiger partial charge in [0.15, 0.2) is 0 Å². The summed E-state index contributed by atoms with van der Waals surface area (Å²) in [7, 11) is 1.66. The second kappa shape index (κ2) is 7.46. The molecule has 116 valence electrons. The number of rotatable bonds is 8. The molecule has 1 aromatic carbocycles. The van der Waals surface area contributed by atoms with Gasteiger partial charge >= 0.3 is 0 Å². The zero-order valence-electron chi connectivity index (χ0n) is 13.0. The highest BCUT2D eigenvalue weighted by Gasteiger charge is 2.33. The first-order chi connectivity index (χ1) is 10.1. The Hall–Kier alpha value is -1.55. The number of carbonyl (C=O) groups excluding carboxylic acids is 1. The summed E-state index contributed by atoms with van der Waals surface area (Å²) in [4.78, 5) is 12.1. The number of ether oxygens (including phenoxy) is 1. The van der Waals surface area contributed by atoms with Gasteiger partial charge in [0.1, 0.15) is 5.75 Å². The maximum atomic E-state index is 12.1. The molecule has 0 saturated heterocycles. The maximum Gasteiger partial charge on any atom is 0.220 e. The molecule has 21 heavy (non-hydrogen) atoms. The molecule has 1 fully saturated rings. The maximum absolute atomic E-state index is 12.1. The molecule has 0 aromatic heterocycles. The van der Waals surface area contributed by atoms with E-state index in [0.29, 0.717) is 12.3 Å². The topological polar surface area (TPSA) is 64.3 Å². The van der Waals surface area contributed by atoms with Crippen LogP contribution in [0.5, 0.6) is 5.75 Å². The molecule has 4 nitrogen and oxygen atoms in total. The first-order valence-corrected chi connectivity index (χ1v) is 7.79. The number of amides is 1. The molecule has 0 spiro atoms. The van der Waals surface area contributed by atoms with Gasteiger partial charge in [0.25, 0.3) is 0 Å². The first kappa shape index (κ1) is 15.8. The lowest BCUT2D eigenvalue weighted by Crippen LogP contribution is -2.30. The van der Waals surface area contributed by atoms with Crippen molar-refractivity contribution in [3.05, 3.63) is 29.8 Å². The molecule has 2 unspecified atom stereocenters. The minimum Gasteiger partial charge on any atom is -0.497 e. The zero-order valence-corrected chi connectivity index (χ0v) is 13.0. The standard InChI is InChI=1S/C17H26N2O2/c1-12(18)4-3-5-16(20)19-17(13-6-7-13)14-8-10-15(21-2)11-9-14/h8-13,17H,3-7,18H2,1-2H3,(H,19,20). The van der Waals surface area contributed by atoms with Gasteiger partial charge in [-0.1, -0.05) is 12.1 Å². The lowest BCUT2D eigenvalue weighted by atomic mass is 10.0. The Morgan fingerprint density at radius 3 is 2.57 bits per heavy atom. The van der Waals surface area contributed by atoms with Crippen molar-refractivity contribution in [2.75, 3.05) is 7.11 Å². The van der Waals surface area contributed by atoms with Crippen LogP contribution in [0.25, 0.3) is 0 Å². The summed E-state index contributed by atoms with van der Waals surface area (Å²) in [5.41, 5.74) is 6.88. The van der Waals surface area contributed by atoms with Gasteiger partial charge in [0.2, 0.25) is 5.91 Å². The van der Waals surface area contributed by atoms with Gasteiger partial charge in [-0.3, -0.25) is 4.79 Å². The summed E-state index contributed by atoms with van der Waals surface area (Å²) in [6.45, 7) is 1.97. The van der Waals surface area contributed by atoms with E-state index in [2.05, 4.69) is 5.32 Å². The Kier molecular flexibility index (Phi) is 5.62. The lowest BCUT2D eigenvalue weighted by molar-refractivity contribution is -0.122. The van der Waals surface area contributed by atoms with Gasteiger partial charge in [-0.05, 0) is 56.2 Å². The van der Waals surface area contributed by atoms with E-state index in [4.69, 9.17) is 10.5 Å². The average molecular weight is 290 g/mol. The van der Waals surface area contributed by atoms with Gasteiger partial charge in [0.05, 0.1) is 13.2 Å². The molecule has 1 saturated carbocycles. The monoisotopic (exact) mass is 290 g/mol. The Morgan fingerprint density at radius 2 is 2.05 bits per heavy atom. The number of hydrogen-bond acceptors (Lipinski definition) is 3. The van der Waals surface area contributed by atoms with Gasteiger partial charge in [0, 0.05) is 12.5 Å². The molecule has 2 rings (SSSR count). The normalized spacial score (nSPS) is 17.1. The van der Waals surface area contributed by atoms with Crippen molar-refractivity contribution in [3.8, 4) is 5.75 Å². The predicted molar refractivity (Wildman–Crippen MR) is 84.1 cm³/mol. The number of hydrogen-bond donors (Lipinski definition) is 2. The van der Waals surface area contributed by atoms with Crippen LogP contribution in [0.15, 0.2) is 24.3 Å². The number of nitrogens with one attached hydrogen (secondary N) is 1. The number of methoxy groups -OCH3 is 1. The van der Waals surface area contributed by atoms with Crippen LogP contribution in [0.1, 0.15) is 50.6 Å². The fraction of sp³-hybridized carbons (Fsp3) is 0.588. The van der Waals surface area contributed by atoms with Crippen LogP contribution >= 0.6 is 0 Å². The molecule has 1 amide bonds. The van der Waals surface area contributed by atoms with Crippen LogP contribution in [0.2, 0.25) is 0 Å². The van der Waals surface area contributed by atoms with Gasteiger partial charge in [-0.2, -0.15) is 0 Å². The van der Waals surface area contributed by atoms with Crippen LogP contribution in [-0.2, 0) is 4.79 Å². The molecule has 0 bridgehead atoms. The third-order valence-electron chi connectivity index (χ3n) is 3.95. The third kappa shape index (κ3) is 5.05. The lowest BCUT2D eigenvalue weighted by Gasteiger charge is -2.19. The SMILES string of the molecule is COc1ccc(C(NC(=O)CCCC(C)N)C2CC2)cc1. The van der Waals surface area contributed by atoms with Gasteiger partial charge in [-0.25, -0.2) is 0 Å². The molecule has 0 heterocycles. The second-order valence-corrected chi connectivity index (χ2v) is 6.03. The molecule has 1 aromatic rings. The summed E-state index contributed by atoms with van der Waals surface area (Å²) in [6, 6.07) is 8.30. The third-order valence-corrected chi connectivity index (χ3v) is 3.95. The summed E-state index contributed by atoms with van der Waals surface area (Å²) < 4.78 is 5.18. The summed E-state index contributed by atoms with van der Waals surface area (Å²) in [5, 5.41) is 3.19. The first-order valence-electron chi connectivity index (χ1n) is 7.79. The molecule has 0 radical (unpaired) electrons. The molecule has 3 N–H and O–H groups in total. The molecular weight excluding hydrogens is 264 g/mol. The minimum absolute atomic E-state index is 0.128. The van der Waals surface area contributed by atoms with E-state index in [1.807, 2.05) is 31.2 Å². The fourth-order valence-corrected chi connectivity index (χ4v) is 2.54. The van der Waals surface area contributed by atoms with E-state index in [0.717, 1.165) is 18.6 Å². The van der Waals surface area contributed by atoms with Crippen molar-refractivity contribution >= 4 is 5.91 Å². The Bertz CT molecular complexity index is 452. The van der Waals surface area contributed by atoms with E-state index in [1.54, 1.807) is 7.11 Å². The molecular formula is C17H26N2O2. The van der Waals surface area contributed by atoms with Crippen LogP contribution in [0.3, 0.4) is 0 Å². The minimum atomic E-state index is 0.128. The van der Waals surface area contributed by atoms with Crippen molar-refractivity contribution in [1.82, 2.24) is 5.32 Å². The largest absolute Gasteiger partial charge is 0.497 e. The van der Waals surface area contributed by atoms with Crippen LogP contribution in [-0.4, -0.2) is 19.1 Å². The quantitative estimate of drug-likeness (QED) is 0.774. The Balaban J connectivity index is 1.91. The smallest absolute Gasteiger partial charge is 0.220 e. The number of nitrogens with two attached hydrogens (primary N) is 1. The van der Waals surface area contributed by atoms with Crippen molar-refractivity contribution in [2.45, 2.75) is 51.1 Å². The fourth-order valence-electron chi connectivity index (χ4n) is 2.54. The number of benzene rings is 1. The van der Waals surface area contributed by atoms with E-state index >= 15 is 0 Å². The van der Waals surface area contributed by atoms with E-state index in [-0.39, 0.29) is 18.0 Å². The predicted octanol–water partition coefficient (Wildman–Crippen LogP) is 2.78. The molecule has 4 heteroatoms. The average Bonchev–Trinajstić information content (AvgIpc) is 3.29. The highest BCUT2D eigenvalue weighted by molar-refractivity contribution is 5.76. The van der Waals surface area contributed by atoms with E-state index in [9.17, 15) is 4.79 Å². The molecule has 0 aliphatic heterocycles. The summed E-state index contributed by atoms with van der Waals surface area (Å²) >= 11 is 0. The molecule has 1 aliphatic carbocycles. The van der Waals surface area contributed by atoms with E-state index in [1.165, 1.54) is 18.4 Å². The highest BCUT2D eigenvalue weighted by Crippen LogP contribution is 2.41. The second-order valence-electron chi connectivity index (χ2n) is 6.03. The van der Waals surface area contributed by atoms with Gasteiger partial charge in [-0.15, -0.1) is 0 Å².